The van der Waals surface area contributed by atoms with Crippen LogP contribution in [0.1, 0.15) is 33.3 Å². The van der Waals surface area contributed by atoms with Crippen LogP contribution in [0.2, 0.25) is 0 Å². The van der Waals surface area contributed by atoms with Crippen LogP contribution in [0, 0.1) is 5.82 Å². The average Bonchev–Trinajstić information content (AvgIpc) is 3.35. The van der Waals surface area contributed by atoms with E-state index < -0.39 is 0 Å². The van der Waals surface area contributed by atoms with Gasteiger partial charge in [-0.2, -0.15) is 0 Å². The molecule has 1 aliphatic rings. The van der Waals surface area contributed by atoms with Crippen molar-refractivity contribution in [3.63, 3.8) is 0 Å². The van der Waals surface area contributed by atoms with Crippen LogP contribution < -0.4 is 4.90 Å². The zero-order valence-corrected chi connectivity index (χ0v) is 16.2. The summed E-state index contributed by atoms with van der Waals surface area (Å²) in [6.45, 7) is 0.491. The Morgan fingerprint density at radius 3 is 2.57 bits per heavy atom. The summed E-state index contributed by atoms with van der Waals surface area (Å²) in [5.74, 6) is -0.526. The molecule has 2 amide bonds. The number of carbonyl (C=O) groups is 2. The Labute approximate surface area is 166 Å². The predicted octanol–water partition coefficient (Wildman–Crippen LogP) is 4.64. The zero-order valence-electron chi connectivity index (χ0n) is 15.3. The molecule has 0 aliphatic carbocycles. The third-order valence-corrected chi connectivity index (χ3v) is 6.03. The van der Waals surface area contributed by atoms with Gasteiger partial charge in [-0.15, -0.1) is 11.3 Å². The first-order valence-electron chi connectivity index (χ1n) is 8.99. The Kier molecular flexibility index (Phi) is 4.96. The Morgan fingerprint density at radius 2 is 1.89 bits per heavy atom. The number of anilines is 1. The van der Waals surface area contributed by atoms with E-state index in [1.165, 1.54) is 28.4 Å². The zero-order chi connectivity index (χ0) is 19.7. The first-order chi connectivity index (χ1) is 13.5. The summed E-state index contributed by atoms with van der Waals surface area (Å²) in [6, 6.07) is 16.9. The van der Waals surface area contributed by atoms with Gasteiger partial charge in [-0.1, -0.05) is 24.3 Å². The molecule has 1 atom stereocenters. The van der Waals surface area contributed by atoms with Gasteiger partial charge in [0.1, 0.15) is 5.82 Å². The molecule has 3 aromatic rings. The number of carbonyl (C=O) groups excluding carboxylic acids is 2. The van der Waals surface area contributed by atoms with Crippen molar-refractivity contribution >= 4 is 28.8 Å². The number of amides is 2. The number of nitrogens with zero attached hydrogens (tertiary/aromatic N) is 2. The second kappa shape index (κ2) is 7.56. The van der Waals surface area contributed by atoms with Crippen LogP contribution in [-0.4, -0.2) is 23.8 Å². The lowest BCUT2D eigenvalue weighted by molar-refractivity contribution is -0.119. The topological polar surface area (TPSA) is 40.6 Å². The summed E-state index contributed by atoms with van der Waals surface area (Å²) in [6.07, 6.45) is 0.161. The number of halogens is 1. The fourth-order valence-electron chi connectivity index (χ4n) is 3.48. The number of hydrogen-bond donors (Lipinski definition) is 0. The first-order valence-corrected chi connectivity index (χ1v) is 9.87. The maximum Gasteiger partial charge on any atom is 0.255 e. The third-order valence-electron chi connectivity index (χ3n) is 5.05. The molecule has 0 saturated heterocycles. The highest BCUT2D eigenvalue weighted by molar-refractivity contribution is 7.10. The molecule has 0 N–H and O–H groups in total. The largest absolute Gasteiger partial charge is 0.326 e. The Balaban J connectivity index is 1.59. The van der Waals surface area contributed by atoms with Crippen LogP contribution in [0.3, 0.4) is 0 Å². The molecular weight excluding hydrogens is 375 g/mol. The summed E-state index contributed by atoms with van der Waals surface area (Å²) in [5, 5.41) is 1.95. The lowest BCUT2D eigenvalue weighted by Crippen LogP contribution is -2.35. The number of fused-ring (bicyclic) bond motifs is 1. The van der Waals surface area contributed by atoms with Crippen LogP contribution in [0.5, 0.6) is 0 Å². The van der Waals surface area contributed by atoms with Crippen LogP contribution in [0.4, 0.5) is 10.1 Å². The molecule has 2 heterocycles. The lowest BCUT2D eigenvalue weighted by atomic mass is 10.1. The van der Waals surface area contributed by atoms with Gasteiger partial charge in [0.05, 0.1) is 12.5 Å². The van der Waals surface area contributed by atoms with Crippen LogP contribution >= 0.6 is 11.3 Å². The van der Waals surface area contributed by atoms with Crippen molar-refractivity contribution in [2.24, 2.45) is 0 Å². The van der Waals surface area contributed by atoms with E-state index in [9.17, 15) is 14.0 Å². The molecule has 2 aromatic carbocycles. The molecule has 1 aliphatic heterocycles. The smallest absolute Gasteiger partial charge is 0.255 e. The van der Waals surface area contributed by atoms with E-state index in [4.69, 9.17) is 0 Å². The van der Waals surface area contributed by atoms with Gasteiger partial charge in [0.25, 0.3) is 5.91 Å². The van der Waals surface area contributed by atoms with E-state index in [-0.39, 0.29) is 30.1 Å². The fourth-order valence-corrected chi connectivity index (χ4v) is 4.32. The Hall–Kier alpha value is -2.99. The minimum Gasteiger partial charge on any atom is -0.326 e. The SMILES string of the molecule is CN(C(=O)CC(c1cccs1)N1Cc2ccccc2C1=O)c1ccc(F)cc1. The molecule has 0 saturated carbocycles. The van der Waals surface area contributed by atoms with Crippen molar-refractivity contribution in [3.8, 4) is 0 Å². The molecule has 1 aromatic heterocycles. The van der Waals surface area contributed by atoms with Crippen LogP contribution in [-0.2, 0) is 11.3 Å². The van der Waals surface area contributed by atoms with Gasteiger partial charge in [-0.25, -0.2) is 4.39 Å². The monoisotopic (exact) mass is 394 g/mol. The molecule has 0 bridgehead atoms. The van der Waals surface area contributed by atoms with Crippen molar-refractivity contribution in [1.29, 1.82) is 0 Å². The molecule has 28 heavy (non-hydrogen) atoms. The summed E-state index contributed by atoms with van der Waals surface area (Å²) in [5.41, 5.74) is 2.30. The number of hydrogen-bond acceptors (Lipinski definition) is 3. The number of rotatable bonds is 5. The van der Waals surface area contributed by atoms with Gasteiger partial charge in [0, 0.05) is 29.7 Å². The molecule has 4 nitrogen and oxygen atoms in total. The highest BCUT2D eigenvalue weighted by Gasteiger charge is 2.35. The van der Waals surface area contributed by atoms with Crippen molar-refractivity contribution in [2.75, 3.05) is 11.9 Å². The van der Waals surface area contributed by atoms with Crippen molar-refractivity contribution < 1.29 is 14.0 Å². The molecule has 4 rings (SSSR count). The fraction of sp³-hybridized carbons (Fsp3) is 0.182. The van der Waals surface area contributed by atoms with Gasteiger partial charge in [0.2, 0.25) is 5.91 Å². The minimum absolute atomic E-state index is 0.0498. The third kappa shape index (κ3) is 3.43. The van der Waals surface area contributed by atoms with Crippen LogP contribution in [0.15, 0.2) is 66.0 Å². The summed E-state index contributed by atoms with van der Waals surface area (Å²) in [7, 11) is 1.67. The second-order valence-corrected chi connectivity index (χ2v) is 7.73. The van der Waals surface area contributed by atoms with E-state index in [1.54, 1.807) is 24.1 Å². The number of thiophene rings is 1. The predicted molar refractivity (Wildman–Crippen MR) is 108 cm³/mol. The van der Waals surface area contributed by atoms with Gasteiger partial charge in [-0.05, 0) is 47.3 Å². The molecule has 6 heteroatoms. The molecule has 0 spiro atoms. The molecule has 0 fully saturated rings. The highest BCUT2D eigenvalue weighted by Crippen LogP contribution is 2.36. The van der Waals surface area contributed by atoms with Crippen LogP contribution in [0.25, 0.3) is 0 Å². The van der Waals surface area contributed by atoms with Gasteiger partial charge in [-0.3, -0.25) is 9.59 Å². The quantitative estimate of drug-likeness (QED) is 0.633. The summed E-state index contributed by atoms with van der Waals surface area (Å²) >= 11 is 1.54. The van der Waals surface area contributed by atoms with Gasteiger partial charge >= 0.3 is 0 Å². The molecule has 1 unspecified atom stereocenters. The van der Waals surface area contributed by atoms with E-state index in [0.29, 0.717) is 17.8 Å². The van der Waals surface area contributed by atoms with E-state index >= 15 is 0 Å². The van der Waals surface area contributed by atoms with E-state index in [2.05, 4.69) is 0 Å². The summed E-state index contributed by atoms with van der Waals surface area (Å²) < 4.78 is 13.2. The molecular formula is C22H19FN2O2S. The lowest BCUT2D eigenvalue weighted by Gasteiger charge is -2.28. The van der Waals surface area contributed by atoms with Crippen molar-refractivity contribution in [1.82, 2.24) is 4.90 Å². The maximum absolute atomic E-state index is 13.2. The van der Waals surface area contributed by atoms with E-state index in [1.807, 2.05) is 41.8 Å². The maximum atomic E-state index is 13.2. The van der Waals surface area contributed by atoms with Gasteiger partial charge in [0.15, 0.2) is 0 Å². The standard InChI is InChI=1S/C22H19FN2O2S/c1-24(17-10-8-16(23)9-11-17)21(26)13-19(20-7-4-12-28-20)25-14-15-5-2-3-6-18(15)22(25)27/h2-12,19H,13-14H2,1H3. The number of benzene rings is 2. The minimum atomic E-state index is -0.346. The van der Waals surface area contributed by atoms with Gasteiger partial charge < -0.3 is 9.80 Å². The van der Waals surface area contributed by atoms with Crippen molar-refractivity contribution in [3.05, 3.63) is 87.9 Å². The van der Waals surface area contributed by atoms with Crippen molar-refractivity contribution in [2.45, 2.75) is 19.0 Å². The van der Waals surface area contributed by atoms with E-state index in [0.717, 1.165) is 10.4 Å². The normalized spacial score (nSPS) is 14.1. The Morgan fingerprint density at radius 1 is 1.14 bits per heavy atom. The summed E-state index contributed by atoms with van der Waals surface area (Å²) in [4.78, 5) is 30.2. The second-order valence-electron chi connectivity index (χ2n) is 6.75. The molecule has 0 radical (unpaired) electrons. The Bertz CT molecular complexity index is 1000. The average molecular weight is 394 g/mol. The first kappa shape index (κ1) is 18.4. The molecule has 142 valence electrons. The highest BCUT2D eigenvalue weighted by atomic mass is 32.1.